The summed E-state index contributed by atoms with van der Waals surface area (Å²) < 4.78 is 0. The molecular formula is C25H25ClN4O. The van der Waals surface area contributed by atoms with Gasteiger partial charge in [0.2, 0.25) is 0 Å². The van der Waals surface area contributed by atoms with Crippen LogP contribution in [0.25, 0.3) is 22.3 Å². The molecule has 1 fully saturated rings. The number of carbonyl (C=O) groups excluding carboxylic acids is 1. The molecule has 0 aliphatic carbocycles. The van der Waals surface area contributed by atoms with E-state index in [0.29, 0.717) is 36.8 Å². The van der Waals surface area contributed by atoms with Crippen LogP contribution in [0, 0.1) is 5.41 Å². The van der Waals surface area contributed by atoms with Crippen LogP contribution in [0.15, 0.2) is 72.8 Å². The van der Waals surface area contributed by atoms with Crippen molar-refractivity contribution in [2.45, 2.75) is 6.42 Å². The molecule has 158 valence electrons. The van der Waals surface area contributed by atoms with E-state index in [9.17, 15) is 4.79 Å². The van der Waals surface area contributed by atoms with Crippen LogP contribution < -0.4 is 5.73 Å². The average molecular weight is 433 g/mol. The van der Waals surface area contributed by atoms with Gasteiger partial charge in [-0.3, -0.25) is 10.2 Å². The molecule has 31 heavy (non-hydrogen) atoms. The third-order valence-electron chi connectivity index (χ3n) is 5.64. The summed E-state index contributed by atoms with van der Waals surface area (Å²) in [5.41, 5.74) is 10.3. The number of nitrogens with one attached hydrogen (secondary N) is 1. The quantitative estimate of drug-likeness (QED) is 0.464. The van der Waals surface area contributed by atoms with Crippen molar-refractivity contribution in [2.24, 2.45) is 5.73 Å². The molecular weight excluding hydrogens is 408 g/mol. The second-order valence-electron chi connectivity index (χ2n) is 7.66. The molecule has 3 N–H and O–H groups in total. The minimum Gasteiger partial charge on any atom is -0.370 e. The second-order valence-corrected chi connectivity index (χ2v) is 8.06. The minimum atomic E-state index is -0.0239. The van der Waals surface area contributed by atoms with Gasteiger partial charge in [-0.1, -0.05) is 66.2 Å². The predicted molar refractivity (Wildman–Crippen MR) is 126 cm³/mol. The fourth-order valence-corrected chi connectivity index (χ4v) is 4.12. The first-order valence-corrected chi connectivity index (χ1v) is 10.7. The second kappa shape index (κ2) is 9.23. The molecule has 0 saturated carbocycles. The Balaban J connectivity index is 1.56. The molecule has 0 bridgehead atoms. The van der Waals surface area contributed by atoms with Crippen LogP contribution in [0.4, 0.5) is 0 Å². The lowest BCUT2D eigenvalue weighted by Gasteiger charge is -2.22. The molecule has 1 aliphatic heterocycles. The molecule has 0 unspecified atom stereocenters. The van der Waals surface area contributed by atoms with Gasteiger partial charge in [-0.15, -0.1) is 0 Å². The summed E-state index contributed by atoms with van der Waals surface area (Å²) in [7, 11) is 0. The summed E-state index contributed by atoms with van der Waals surface area (Å²) in [5, 5.41) is 8.24. The molecule has 0 atom stereocenters. The maximum atomic E-state index is 13.1. The lowest BCUT2D eigenvalue weighted by Crippen LogP contribution is -2.40. The van der Waals surface area contributed by atoms with Gasteiger partial charge in [0.1, 0.15) is 0 Å². The number of carbonyl (C=O) groups is 1. The minimum absolute atomic E-state index is 0.0239. The van der Waals surface area contributed by atoms with E-state index in [-0.39, 0.29) is 11.9 Å². The average Bonchev–Trinajstić information content (AvgIpc) is 3.06. The predicted octanol–water partition coefficient (Wildman–Crippen LogP) is 4.72. The summed E-state index contributed by atoms with van der Waals surface area (Å²) in [4.78, 5) is 16.8. The van der Waals surface area contributed by atoms with Crippen molar-refractivity contribution in [3.8, 4) is 22.3 Å². The van der Waals surface area contributed by atoms with Crippen molar-refractivity contribution in [1.82, 2.24) is 9.80 Å². The largest absolute Gasteiger partial charge is 0.370 e. The number of hydrogen-bond donors (Lipinski definition) is 2. The smallest absolute Gasteiger partial charge is 0.253 e. The highest BCUT2D eigenvalue weighted by Crippen LogP contribution is 2.31. The number of nitrogens with zero attached hydrogens (tertiary/aromatic N) is 2. The SMILES string of the molecule is N=C(N)N1CCCN(C(=O)c2ccc(Cl)c(-c3ccc(-c4ccccc4)cc3)c2)CC1. The molecule has 3 aromatic rings. The number of guanidine groups is 1. The van der Waals surface area contributed by atoms with Gasteiger partial charge in [-0.25, -0.2) is 0 Å². The Morgan fingerprint density at radius 3 is 2.13 bits per heavy atom. The van der Waals surface area contributed by atoms with E-state index in [0.717, 1.165) is 28.7 Å². The van der Waals surface area contributed by atoms with E-state index in [1.807, 2.05) is 41.3 Å². The van der Waals surface area contributed by atoms with Crippen LogP contribution in [0.5, 0.6) is 0 Å². The van der Waals surface area contributed by atoms with Gasteiger partial charge in [0, 0.05) is 42.3 Å². The highest BCUT2D eigenvalue weighted by molar-refractivity contribution is 6.33. The first kappa shape index (κ1) is 20.9. The Hall–Kier alpha value is -3.31. The Kier molecular flexibility index (Phi) is 6.23. The summed E-state index contributed by atoms with van der Waals surface area (Å²) in [6.07, 6.45) is 0.784. The van der Waals surface area contributed by atoms with Gasteiger partial charge in [0.25, 0.3) is 5.91 Å². The van der Waals surface area contributed by atoms with Crippen LogP contribution in [-0.4, -0.2) is 47.8 Å². The highest BCUT2D eigenvalue weighted by atomic mass is 35.5. The molecule has 1 amide bonds. The number of benzene rings is 3. The fourth-order valence-electron chi connectivity index (χ4n) is 3.90. The molecule has 1 heterocycles. The van der Waals surface area contributed by atoms with Crippen molar-refractivity contribution in [2.75, 3.05) is 26.2 Å². The van der Waals surface area contributed by atoms with Crippen molar-refractivity contribution < 1.29 is 4.79 Å². The molecule has 1 saturated heterocycles. The third-order valence-corrected chi connectivity index (χ3v) is 5.97. The molecule has 0 spiro atoms. The molecule has 6 heteroatoms. The van der Waals surface area contributed by atoms with Crippen molar-refractivity contribution in [3.63, 3.8) is 0 Å². The summed E-state index contributed by atoms with van der Waals surface area (Å²) in [5.74, 6) is 0.0336. The topological polar surface area (TPSA) is 73.4 Å². The molecule has 4 rings (SSSR count). The van der Waals surface area contributed by atoms with E-state index in [2.05, 4.69) is 24.3 Å². The van der Waals surface area contributed by atoms with Gasteiger partial charge in [-0.05, 0) is 41.3 Å². The molecule has 3 aromatic carbocycles. The van der Waals surface area contributed by atoms with Crippen LogP contribution in [-0.2, 0) is 0 Å². The third kappa shape index (κ3) is 4.72. The normalized spacial score (nSPS) is 14.2. The summed E-state index contributed by atoms with van der Waals surface area (Å²) >= 11 is 6.49. The fraction of sp³-hybridized carbons (Fsp3) is 0.200. The van der Waals surface area contributed by atoms with Gasteiger partial charge in [0.15, 0.2) is 5.96 Å². The number of hydrogen-bond acceptors (Lipinski definition) is 2. The van der Waals surface area contributed by atoms with E-state index < -0.39 is 0 Å². The maximum absolute atomic E-state index is 13.1. The van der Waals surface area contributed by atoms with Gasteiger partial charge in [0.05, 0.1) is 0 Å². The summed E-state index contributed by atoms with van der Waals surface area (Å²) in [6.45, 7) is 2.45. The Labute approximate surface area is 187 Å². The lowest BCUT2D eigenvalue weighted by molar-refractivity contribution is 0.0764. The number of amides is 1. The Bertz CT molecular complexity index is 1080. The van der Waals surface area contributed by atoms with Crippen LogP contribution in [0.3, 0.4) is 0 Å². The zero-order chi connectivity index (χ0) is 21.8. The van der Waals surface area contributed by atoms with E-state index in [4.69, 9.17) is 22.7 Å². The molecule has 1 aliphatic rings. The first-order valence-electron chi connectivity index (χ1n) is 10.4. The van der Waals surface area contributed by atoms with Crippen LogP contribution in [0.2, 0.25) is 5.02 Å². The van der Waals surface area contributed by atoms with Crippen LogP contribution in [0.1, 0.15) is 16.8 Å². The first-order chi connectivity index (χ1) is 15.0. The van der Waals surface area contributed by atoms with E-state index in [1.165, 1.54) is 0 Å². The molecule has 5 nitrogen and oxygen atoms in total. The van der Waals surface area contributed by atoms with Crippen LogP contribution >= 0.6 is 11.6 Å². The Morgan fingerprint density at radius 1 is 0.806 bits per heavy atom. The molecule has 0 aromatic heterocycles. The number of nitrogens with two attached hydrogens (primary N) is 1. The van der Waals surface area contributed by atoms with Gasteiger partial charge in [-0.2, -0.15) is 0 Å². The standard InChI is InChI=1S/C25H25ClN4O/c26-23-12-11-21(24(31)29-13-4-14-30(16-15-29)25(27)28)17-22(23)20-9-7-19(8-10-20)18-5-2-1-3-6-18/h1-3,5-12,17H,4,13-16H2,(H3,27,28). The highest BCUT2D eigenvalue weighted by Gasteiger charge is 2.21. The van der Waals surface area contributed by atoms with Crippen molar-refractivity contribution in [3.05, 3.63) is 83.4 Å². The van der Waals surface area contributed by atoms with Crippen molar-refractivity contribution in [1.29, 1.82) is 5.41 Å². The van der Waals surface area contributed by atoms with Crippen molar-refractivity contribution >= 4 is 23.5 Å². The van der Waals surface area contributed by atoms with Gasteiger partial charge < -0.3 is 15.5 Å². The lowest BCUT2D eigenvalue weighted by atomic mass is 9.99. The Morgan fingerprint density at radius 2 is 1.42 bits per heavy atom. The monoisotopic (exact) mass is 432 g/mol. The summed E-state index contributed by atoms with van der Waals surface area (Å²) in [6, 6.07) is 23.9. The van der Waals surface area contributed by atoms with Gasteiger partial charge >= 0.3 is 0 Å². The molecule has 0 radical (unpaired) electrons. The zero-order valence-corrected chi connectivity index (χ0v) is 18.0. The van der Waals surface area contributed by atoms with E-state index in [1.54, 1.807) is 17.0 Å². The van der Waals surface area contributed by atoms with E-state index >= 15 is 0 Å². The number of rotatable bonds is 3. The zero-order valence-electron chi connectivity index (χ0n) is 17.2. The number of halogens is 1. The maximum Gasteiger partial charge on any atom is 0.253 e.